The highest BCUT2D eigenvalue weighted by Crippen LogP contribution is 2.57. The number of amides is 3. The van der Waals surface area contributed by atoms with Crippen LogP contribution >= 0.6 is 0 Å². The zero-order chi connectivity index (χ0) is 75.7. The van der Waals surface area contributed by atoms with Crippen LogP contribution in [-0.2, 0) is 42.8 Å². The number of carbonyl (C=O) groups excluding carboxylic acids is 6. The fraction of sp³-hybridized carbons (Fsp3) is 0.483. The van der Waals surface area contributed by atoms with Gasteiger partial charge in [0, 0.05) is 71.2 Å². The second-order valence-corrected chi connectivity index (χ2v) is 30.8. The van der Waals surface area contributed by atoms with E-state index in [9.17, 15) is 41.9 Å². The summed E-state index contributed by atoms with van der Waals surface area (Å²) in [4.78, 5) is 87.7. The molecule has 0 bridgehead atoms. The molecule has 21 atom stereocenters. The van der Waals surface area contributed by atoms with Crippen LogP contribution in [0.1, 0.15) is 136 Å². The molecule has 6 aromatic rings. The van der Waals surface area contributed by atoms with E-state index >= 15 is 0 Å². The third-order valence-corrected chi connectivity index (χ3v) is 24.5. The van der Waals surface area contributed by atoms with Gasteiger partial charge in [-0.25, -0.2) is 27.6 Å². The van der Waals surface area contributed by atoms with Crippen LogP contribution < -0.4 is 16.0 Å². The highest BCUT2D eigenvalue weighted by molar-refractivity contribution is 5.78. The van der Waals surface area contributed by atoms with E-state index < -0.39 is 0 Å². The summed E-state index contributed by atoms with van der Waals surface area (Å²) in [5.41, 5.74) is 7.43. The number of cyclic esters (lactones) is 3. The molecular weight excluding hydrogens is 1380 g/mol. The minimum atomic E-state index is -0.368. The molecule has 3 saturated heterocycles. The Labute approximate surface area is 630 Å². The molecule has 6 aliphatic carbocycles. The number of hydrogen-bond acceptors (Lipinski definition) is 15. The average Bonchev–Trinajstić information content (AvgIpc) is 1.54. The summed E-state index contributed by atoms with van der Waals surface area (Å²) in [6.45, 7) is 12.5. The lowest BCUT2D eigenvalue weighted by Gasteiger charge is -2.47. The molecule has 3 amide bonds. The third kappa shape index (κ3) is 17.9. The number of benzene rings is 3. The average molecular weight is 1480 g/mol. The summed E-state index contributed by atoms with van der Waals surface area (Å²) in [5.74, 6) is 1.89. The van der Waals surface area contributed by atoms with Crippen LogP contribution in [0.2, 0.25) is 0 Å². The molecular formula is C87H99F3N6O12. The first kappa shape index (κ1) is 76.5. The minimum Gasteiger partial charge on any atom is -0.462 e. The first-order chi connectivity index (χ1) is 52.3. The van der Waals surface area contributed by atoms with Crippen LogP contribution in [0.15, 0.2) is 146 Å². The number of fused-ring (bicyclic) bond motifs is 6. The number of alkyl carbamates (subject to hydrolysis) is 3. The summed E-state index contributed by atoms with van der Waals surface area (Å²) in [6.07, 6.45) is 27.2. The van der Waals surface area contributed by atoms with Crippen LogP contribution in [-0.4, -0.2) is 107 Å². The van der Waals surface area contributed by atoms with Crippen molar-refractivity contribution >= 4 is 54.4 Å². The molecule has 3 aromatic heterocycles. The first-order valence-electron chi connectivity index (χ1n) is 38.9. The summed E-state index contributed by atoms with van der Waals surface area (Å²) >= 11 is 0. The van der Waals surface area contributed by atoms with Gasteiger partial charge in [-0.15, -0.1) is 0 Å². The van der Waals surface area contributed by atoms with Crippen molar-refractivity contribution in [3.8, 4) is 33.4 Å². The van der Waals surface area contributed by atoms with E-state index in [1.165, 1.54) is 36.4 Å². The van der Waals surface area contributed by atoms with E-state index in [-0.39, 0.29) is 143 Å². The van der Waals surface area contributed by atoms with E-state index in [2.05, 4.69) is 49.1 Å². The van der Waals surface area contributed by atoms with Crippen molar-refractivity contribution < 1.29 is 70.4 Å². The predicted octanol–water partition coefficient (Wildman–Crippen LogP) is 16.9. The highest BCUT2D eigenvalue weighted by atomic mass is 19.1. The van der Waals surface area contributed by atoms with E-state index in [4.69, 9.17) is 28.4 Å². The smallest absolute Gasteiger partial charge is 0.407 e. The van der Waals surface area contributed by atoms with Crippen molar-refractivity contribution in [1.29, 1.82) is 0 Å². The van der Waals surface area contributed by atoms with Gasteiger partial charge in [0.1, 0.15) is 35.8 Å². The van der Waals surface area contributed by atoms with Gasteiger partial charge in [0.15, 0.2) is 0 Å². The number of aromatic nitrogens is 3. The molecule has 3 aliphatic heterocycles. The molecule has 6 heterocycles. The molecule has 21 heteroatoms. The van der Waals surface area contributed by atoms with Crippen LogP contribution in [0.5, 0.6) is 0 Å². The Bertz CT molecular complexity index is 3830. The Morgan fingerprint density at radius 3 is 0.944 bits per heavy atom. The molecule has 108 heavy (non-hydrogen) atoms. The van der Waals surface area contributed by atoms with Crippen molar-refractivity contribution in [3.05, 3.63) is 181 Å². The fourth-order valence-electron chi connectivity index (χ4n) is 19.9. The van der Waals surface area contributed by atoms with Gasteiger partial charge in [-0.2, -0.15) is 0 Å². The molecule has 570 valence electrons. The number of nitrogens with zero attached hydrogens (tertiary/aromatic N) is 3. The molecule has 0 spiro atoms. The van der Waals surface area contributed by atoms with Crippen LogP contribution in [0.3, 0.4) is 0 Å². The van der Waals surface area contributed by atoms with Gasteiger partial charge in [-0.3, -0.25) is 29.3 Å². The topological polar surface area (TPSA) is 233 Å². The summed E-state index contributed by atoms with van der Waals surface area (Å²) in [6, 6.07) is 31.3. The maximum atomic E-state index is 13.6. The van der Waals surface area contributed by atoms with Gasteiger partial charge in [0.25, 0.3) is 0 Å². The second kappa shape index (κ2) is 34.7. The molecule has 15 rings (SSSR count). The first-order valence-corrected chi connectivity index (χ1v) is 38.9. The van der Waals surface area contributed by atoms with Gasteiger partial charge in [-0.1, -0.05) is 72.8 Å². The van der Waals surface area contributed by atoms with E-state index in [0.717, 1.165) is 128 Å². The van der Waals surface area contributed by atoms with Crippen molar-refractivity contribution in [2.75, 3.05) is 19.8 Å². The van der Waals surface area contributed by atoms with Gasteiger partial charge in [0.2, 0.25) is 0 Å². The molecule has 3 N–H and O–H groups in total. The lowest BCUT2D eigenvalue weighted by atomic mass is 9.57. The zero-order valence-electron chi connectivity index (χ0n) is 62.2. The molecule has 0 unspecified atom stereocenters. The minimum absolute atomic E-state index is 0.0679. The Balaban J connectivity index is 0.000000143. The molecule has 0 radical (unpaired) electrons. The van der Waals surface area contributed by atoms with Gasteiger partial charge < -0.3 is 44.4 Å². The van der Waals surface area contributed by atoms with Crippen molar-refractivity contribution in [3.63, 3.8) is 0 Å². The Morgan fingerprint density at radius 2 is 0.694 bits per heavy atom. The zero-order valence-corrected chi connectivity index (χ0v) is 62.2. The molecule has 9 aliphatic rings. The molecule has 3 aromatic carbocycles. The largest absolute Gasteiger partial charge is 0.462 e. The van der Waals surface area contributed by atoms with Crippen molar-refractivity contribution in [1.82, 2.24) is 30.9 Å². The number of rotatable bonds is 15. The number of pyridine rings is 3. The lowest BCUT2D eigenvalue weighted by molar-refractivity contribution is -0.145. The van der Waals surface area contributed by atoms with Crippen LogP contribution in [0.4, 0.5) is 27.6 Å². The van der Waals surface area contributed by atoms with Gasteiger partial charge in [0.05, 0.1) is 54.7 Å². The Hall–Kier alpha value is -9.66. The van der Waals surface area contributed by atoms with Gasteiger partial charge in [-0.05, 0) is 261 Å². The maximum absolute atomic E-state index is 13.6. The number of hydrogen-bond donors (Lipinski definition) is 3. The number of halogens is 3. The number of allylic oxidation sites excluding steroid dienone is 3. The predicted molar refractivity (Wildman–Crippen MR) is 402 cm³/mol. The number of carbonyl (C=O) groups is 6. The SMILES string of the molecule is CCOC(=O)N[C@@H]1CC[C@@H]2[C@@H](C1)C[C@H]1C(=O)O[C@H](C)[C@H]1[C@@H]2/C=C/c1ccc(-c2cccc(F)c2)cn1.CCOC(=O)N[C@@H]1CC[C@@H]2[C@H](C1)C[C@@H]1C(=O)O[C@@H](C)[C@@H]1[C@H]2/C=C/c1ccc(-c2cccc(F)c2)cn1.CCOC(=O)N[C@@H]1CC[C@@H]2[C@H](C1)C[C@H]1C(=O)O[C@@H](C)[C@@H]1[C@H]2/C=C/c1ccc(-c2cccc(F)c2)cn1. The van der Waals surface area contributed by atoms with Crippen LogP contribution in [0.25, 0.3) is 51.6 Å². The monoisotopic (exact) mass is 1480 g/mol. The summed E-state index contributed by atoms with van der Waals surface area (Å²) < 4.78 is 73.0. The van der Waals surface area contributed by atoms with Gasteiger partial charge >= 0.3 is 36.2 Å². The normalized spacial score (nSPS) is 31.4. The fourth-order valence-corrected chi connectivity index (χ4v) is 19.9. The van der Waals surface area contributed by atoms with Crippen molar-refractivity contribution in [2.24, 2.45) is 88.8 Å². The second-order valence-electron chi connectivity index (χ2n) is 30.8. The Morgan fingerprint density at radius 1 is 0.407 bits per heavy atom. The highest BCUT2D eigenvalue weighted by Gasteiger charge is 2.58. The van der Waals surface area contributed by atoms with E-state index in [1.54, 1.807) is 57.6 Å². The number of esters is 3. The third-order valence-electron chi connectivity index (χ3n) is 24.5. The molecule has 9 fully saturated rings. The standard InChI is InChI=1S/3C29H33FN2O4/c3*1-3-35-29(34)32-23-10-11-24-20(14-23)15-26-27(17(2)36-28(26)33)25(24)12-9-22-8-7-19(16-31-22)18-5-4-6-21(30)13-18/h3*4-9,12-13,16-17,20,23-27H,3,10-11,14-15H2,1-2H3,(H,32,34)/b3*12-9+/t17-,20+,23+,24+,25-,26+,27+;17-,20+,23+,24+,25-,26-,27+;17-,20+,23-,24-,25-,26-,27+/m001/s1. The Kier molecular flexibility index (Phi) is 24.6. The van der Waals surface area contributed by atoms with E-state index in [1.807, 2.05) is 93.6 Å². The van der Waals surface area contributed by atoms with E-state index in [0.29, 0.717) is 55.3 Å². The summed E-state index contributed by atoms with van der Waals surface area (Å²) in [7, 11) is 0. The van der Waals surface area contributed by atoms with Crippen molar-refractivity contribution in [2.45, 2.75) is 155 Å². The summed E-state index contributed by atoms with van der Waals surface area (Å²) in [5, 5.41) is 9.00. The number of nitrogens with one attached hydrogen (secondary N) is 3. The number of ether oxygens (including phenoxy) is 6. The van der Waals surface area contributed by atoms with Crippen LogP contribution in [0, 0.1) is 106 Å². The quantitative estimate of drug-likeness (QED) is 0.0641. The maximum Gasteiger partial charge on any atom is 0.407 e. The molecule has 18 nitrogen and oxygen atoms in total. The lowest BCUT2D eigenvalue weighted by Crippen LogP contribution is -2.48. The molecule has 6 saturated carbocycles.